The van der Waals surface area contributed by atoms with E-state index in [2.05, 4.69) is 12.2 Å². The van der Waals surface area contributed by atoms with Crippen LogP contribution in [0.3, 0.4) is 0 Å². The highest BCUT2D eigenvalue weighted by molar-refractivity contribution is 7.98. The third-order valence-corrected chi connectivity index (χ3v) is 8.17. The molecule has 0 heterocycles. The van der Waals surface area contributed by atoms with Gasteiger partial charge in [0, 0.05) is 4.90 Å². The maximum atomic E-state index is 13.6. The van der Waals surface area contributed by atoms with E-state index in [1.54, 1.807) is 48.5 Å². The largest absolute Gasteiger partial charge is 0.494 e. The van der Waals surface area contributed by atoms with Crippen molar-refractivity contribution in [2.45, 2.75) is 43.0 Å². The second-order valence-corrected chi connectivity index (χ2v) is 10.7. The summed E-state index contributed by atoms with van der Waals surface area (Å²) >= 11 is 1.53. The molecule has 3 aromatic rings. The summed E-state index contributed by atoms with van der Waals surface area (Å²) in [5.41, 5.74) is 2.56. The molecule has 6 nitrogen and oxygen atoms in total. The van der Waals surface area contributed by atoms with E-state index in [4.69, 9.17) is 4.74 Å². The summed E-state index contributed by atoms with van der Waals surface area (Å²) in [6.45, 7) is 6.01. The van der Waals surface area contributed by atoms with Crippen molar-refractivity contribution in [2.24, 2.45) is 0 Å². The summed E-state index contributed by atoms with van der Waals surface area (Å²) in [5.74, 6) is 0.238. The van der Waals surface area contributed by atoms with E-state index in [0.29, 0.717) is 18.0 Å². The number of carbonyl (C=O) groups is 1. The van der Waals surface area contributed by atoms with Crippen LogP contribution < -0.4 is 14.4 Å². The molecule has 0 spiro atoms. The molecule has 3 rings (SSSR count). The lowest BCUT2D eigenvalue weighted by Gasteiger charge is -2.25. The Bertz CT molecular complexity index is 1210. The van der Waals surface area contributed by atoms with Crippen molar-refractivity contribution in [1.82, 2.24) is 5.32 Å². The average Bonchev–Trinajstić information content (AvgIpc) is 2.88. The molecule has 0 aliphatic rings. The maximum Gasteiger partial charge on any atom is 0.264 e. The third-order valence-electron chi connectivity index (χ3n) is 5.64. The highest BCUT2D eigenvalue weighted by atomic mass is 32.2. The minimum atomic E-state index is -3.99. The van der Waals surface area contributed by atoms with E-state index in [-0.39, 0.29) is 17.5 Å². The molecule has 0 saturated carbocycles. The van der Waals surface area contributed by atoms with E-state index in [0.717, 1.165) is 21.2 Å². The van der Waals surface area contributed by atoms with Gasteiger partial charge in [0.15, 0.2) is 0 Å². The minimum Gasteiger partial charge on any atom is -0.494 e. The Hall–Kier alpha value is -2.97. The number of benzene rings is 3. The van der Waals surface area contributed by atoms with E-state index in [1.165, 1.54) is 17.3 Å². The van der Waals surface area contributed by atoms with Crippen LogP contribution in [0.2, 0.25) is 0 Å². The minimum absolute atomic E-state index is 0.125. The van der Waals surface area contributed by atoms with Crippen molar-refractivity contribution in [1.29, 1.82) is 0 Å². The van der Waals surface area contributed by atoms with Crippen LogP contribution in [0.1, 0.15) is 37.9 Å². The van der Waals surface area contributed by atoms with E-state index in [1.807, 2.05) is 44.4 Å². The molecule has 35 heavy (non-hydrogen) atoms. The predicted molar refractivity (Wildman–Crippen MR) is 143 cm³/mol. The number of hydrogen-bond donors (Lipinski definition) is 1. The van der Waals surface area contributed by atoms with Gasteiger partial charge in [0.25, 0.3) is 10.0 Å². The van der Waals surface area contributed by atoms with Crippen molar-refractivity contribution in [3.05, 3.63) is 83.9 Å². The van der Waals surface area contributed by atoms with Crippen molar-refractivity contribution in [3.8, 4) is 5.75 Å². The normalized spacial score (nSPS) is 12.1. The lowest BCUT2D eigenvalue weighted by atomic mass is 10.1. The fourth-order valence-electron chi connectivity index (χ4n) is 3.61. The van der Waals surface area contributed by atoms with Crippen LogP contribution in [0.15, 0.2) is 82.6 Å². The molecule has 186 valence electrons. The molecule has 0 unspecified atom stereocenters. The first kappa shape index (κ1) is 26.6. The topological polar surface area (TPSA) is 75.7 Å². The van der Waals surface area contributed by atoms with Crippen molar-refractivity contribution in [3.63, 3.8) is 0 Å². The number of anilines is 1. The van der Waals surface area contributed by atoms with Gasteiger partial charge in [-0.3, -0.25) is 9.10 Å². The van der Waals surface area contributed by atoms with Crippen molar-refractivity contribution in [2.75, 3.05) is 23.7 Å². The molecule has 0 bridgehead atoms. The molecule has 1 amide bonds. The molecule has 0 saturated heterocycles. The van der Waals surface area contributed by atoms with Gasteiger partial charge >= 0.3 is 0 Å². The molecule has 1 atom stereocenters. The van der Waals surface area contributed by atoms with Crippen molar-refractivity contribution >= 4 is 33.4 Å². The predicted octanol–water partition coefficient (Wildman–Crippen LogP) is 5.44. The number of hydrogen-bond acceptors (Lipinski definition) is 5. The van der Waals surface area contributed by atoms with Gasteiger partial charge in [-0.1, -0.05) is 31.2 Å². The first-order valence-electron chi connectivity index (χ1n) is 11.6. The fourth-order valence-corrected chi connectivity index (χ4v) is 5.44. The summed E-state index contributed by atoms with van der Waals surface area (Å²) in [5, 5.41) is 2.93. The number of ether oxygens (including phenoxy) is 1. The van der Waals surface area contributed by atoms with Crippen LogP contribution in [-0.2, 0) is 21.2 Å². The molecule has 0 aliphatic carbocycles. The van der Waals surface area contributed by atoms with Gasteiger partial charge < -0.3 is 10.1 Å². The van der Waals surface area contributed by atoms with E-state index < -0.39 is 15.9 Å². The Morgan fingerprint density at radius 3 is 2.14 bits per heavy atom. The SMILES string of the molecule is CCOc1ccc(N(CC(=O)N[C@@H](C)c2ccc(CC)cc2)S(=O)(=O)c2ccc(SC)cc2)cc1. The first-order valence-corrected chi connectivity index (χ1v) is 14.2. The summed E-state index contributed by atoms with van der Waals surface area (Å²) < 4.78 is 33.8. The summed E-state index contributed by atoms with van der Waals surface area (Å²) in [6, 6.07) is 21.1. The lowest BCUT2D eigenvalue weighted by Crippen LogP contribution is -2.41. The van der Waals surface area contributed by atoms with Gasteiger partial charge in [-0.25, -0.2) is 8.42 Å². The molecule has 0 aromatic heterocycles. The van der Waals surface area contributed by atoms with Gasteiger partial charge in [-0.2, -0.15) is 0 Å². The molecule has 1 N–H and O–H groups in total. The monoisotopic (exact) mass is 512 g/mol. The maximum absolute atomic E-state index is 13.6. The number of nitrogens with zero attached hydrogens (tertiary/aromatic N) is 1. The second kappa shape index (κ2) is 12.1. The first-order chi connectivity index (χ1) is 16.8. The summed E-state index contributed by atoms with van der Waals surface area (Å²) in [4.78, 5) is 14.1. The number of nitrogens with one attached hydrogen (secondary N) is 1. The number of aryl methyl sites for hydroxylation is 1. The average molecular weight is 513 g/mol. The molecule has 0 aliphatic heterocycles. The van der Waals surface area contributed by atoms with Gasteiger partial charge in [0.2, 0.25) is 5.91 Å². The van der Waals surface area contributed by atoms with E-state index >= 15 is 0 Å². The molecule has 0 radical (unpaired) electrons. The van der Waals surface area contributed by atoms with Crippen LogP contribution >= 0.6 is 11.8 Å². The highest BCUT2D eigenvalue weighted by Gasteiger charge is 2.28. The van der Waals surface area contributed by atoms with Gasteiger partial charge in [-0.05, 0) is 86.2 Å². The zero-order valence-corrected chi connectivity index (χ0v) is 22.2. The van der Waals surface area contributed by atoms with Crippen LogP contribution in [0.5, 0.6) is 5.75 Å². The standard InChI is InChI=1S/C27H32N2O4S2/c1-5-21-7-9-22(10-8-21)20(3)28-27(30)19-29(23-11-13-24(14-12-23)33-6-2)35(31,32)26-17-15-25(34-4)16-18-26/h7-18,20H,5-6,19H2,1-4H3,(H,28,30)/t20-/m0/s1. The Morgan fingerprint density at radius 2 is 1.60 bits per heavy atom. The fraction of sp³-hybridized carbons (Fsp3) is 0.296. The van der Waals surface area contributed by atoms with Gasteiger partial charge in [-0.15, -0.1) is 11.8 Å². The Morgan fingerprint density at radius 1 is 0.971 bits per heavy atom. The van der Waals surface area contributed by atoms with E-state index in [9.17, 15) is 13.2 Å². The smallest absolute Gasteiger partial charge is 0.264 e. The molecule has 8 heteroatoms. The summed E-state index contributed by atoms with van der Waals surface area (Å²) in [6.07, 6.45) is 2.87. The number of amides is 1. The Kier molecular flexibility index (Phi) is 9.23. The number of rotatable bonds is 11. The summed E-state index contributed by atoms with van der Waals surface area (Å²) in [7, 11) is -3.99. The molecule has 3 aromatic carbocycles. The second-order valence-electron chi connectivity index (χ2n) is 8.00. The van der Waals surface area contributed by atoms with Crippen LogP contribution in [-0.4, -0.2) is 33.7 Å². The highest BCUT2D eigenvalue weighted by Crippen LogP contribution is 2.27. The number of carbonyl (C=O) groups excluding carboxylic acids is 1. The van der Waals surface area contributed by atoms with Gasteiger partial charge in [0.1, 0.15) is 12.3 Å². The molecule has 0 fully saturated rings. The zero-order valence-electron chi connectivity index (χ0n) is 20.5. The number of thioether (sulfide) groups is 1. The lowest BCUT2D eigenvalue weighted by molar-refractivity contribution is -0.120. The van der Waals surface area contributed by atoms with Crippen LogP contribution in [0.4, 0.5) is 5.69 Å². The number of sulfonamides is 1. The zero-order chi connectivity index (χ0) is 25.4. The van der Waals surface area contributed by atoms with Crippen molar-refractivity contribution < 1.29 is 17.9 Å². The van der Waals surface area contributed by atoms with Crippen LogP contribution in [0.25, 0.3) is 0 Å². The van der Waals surface area contributed by atoms with Gasteiger partial charge in [0.05, 0.1) is 23.2 Å². The molecular formula is C27H32N2O4S2. The van der Waals surface area contributed by atoms with Crippen LogP contribution in [0, 0.1) is 0 Å². The Labute approximate surface area is 212 Å². The Balaban J connectivity index is 1.87. The third kappa shape index (κ3) is 6.80. The molecular weight excluding hydrogens is 480 g/mol. The quantitative estimate of drug-likeness (QED) is 0.346.